The van der Waals surface area contributed by atoms with E-state index < -0.39 is 0 Å². The molecule has 24 heavy (non-hydrogen) atoms. The van der Waals surface area contributed by atoms with Crippen LogP contribution in [0.4, 0.5) is 0 Å². The Bertz CT molecular complexity index is 1140. The van der Waals surface area contributed by atoms with Crippen LogP contribution in [0.5, 0.6) is 0 Å². The quantitative estimate of drug-likeness (QED) is 0.560. The second-order valence-electron chi connectivity index (χ2n) is 6.12. The molecule has 1 saturated carbocycles. The van der Waals surface area contributed by atoms with Gasteiger partial charge in [-0.1, -0.05) is 17.7 Å². The van der Waals surface area contributed by atoms with E-state index in [9.17, 15) is 4.79 Å². The van der Waals surface area contributed by atoms with E-state index in [1.54, 1.807) is 17.0 Å². The molecule has 1 aromatic carbocycles. The van der Waals surface area contributed by atoms with Crippen LogP contribution in [-0.4, -0.2) is 19.3 Å². The van der Waals surface area contributed by atoms with E-state index in [4.69, 9.17) is 11.6 Å². The van der Waals surface area contributed by atoms with Gasteiger partial charge in [0.1, 0.15) is 0 Å². The molecule has 3 heterocycles. The largest absolute Gasteiger partial charge is 0.284 e. The first-order valence-electron chi connectivity index (χ1n) is 7.86. The van der Waals surface area contributed by atoms with Gasteiger partial charge >= 0.3 is 0 Å². The Morgan fingerprint density at radius 1 is 1.17 bits per heavy atom. The SMILES string of the molecule is O=c1c2nn(C3CC3)cc2c2ccc(Cl)cc2n1-c1cccnc1. The lowest BCUT2D eigenvalue weighted by molar-refractivity contribution is 0.648. The van der Waals surface area contributed by atoms with E-state index in [1.807, 2.05) is 41.2 Å². The Kier molecular flexibility index (Phi) is 2.82. The Hall–Kier alpha value is -2.66. The van der Waals surface area contributed by atoms with E-state index in [1.165, 1.54) is 0 Å². The number of nitrogens with zero attached hydrogens (tertiary/aromatic N) is 4. The lowest BCUT2D eigenvalue weighted by Gasteiger charge is -2.10. The van der Waals surface area contributed by atoms with Crippen LogP contribution in [-0.2, 0) is 0 Å². The van der Waals surface area contributed by atoms with Crippen molar-refractivity contribution in [3.8, 4) is 5.69 Å². The van der Waals surface area contributed by atoms with Crippen molar-refractivity contribution in [3.05, 3.63) is 64.3 Å². The van der Waals surface area contributed by atoms with Gasteiger partial charge in [-0.05, 0) is 37.1 Å². The van der Waals surface area contributed by atoms with Crippen molar-refractivity contribution in [2.45, 2.75) is 18.9 Å². The monoisotopic (exact) mass is 336 g/mol. The molecule has 0 N–H and O–H groups in total. The van der Waals surface area contributed by atoms with Gasteiger partial charge in [0.2, 0.25) is 0 Å². The van der Waals surface area contributed by atoms with Crippen molar-refractivity contribution in [1.82, 2.24) is 19.3 Å². The highest BCUT2D eigenvalue weighted by Gasteiger charge is 2.26. The molecule has 3 aromatic heterocycles. The van der Waals surface area contributed by atoms with Gasteiger partial charge in [0.05, 0.1) is 23.4 Å². The molecule has 5 rings (SSSR count). The summed E-state index contributed by atoms with van der Waals surface area (Å²) in [6.45, 7) is 0. The molecular formula is C18H13ClN4O. The number of aromatic nitrogens is 4. The molecule has 0 aliphatic heterocycles. The maximum atomic E-state index is 13.1. The number of pyridine rings is 2. The van der Waals surface area contributed by atoms with Crippen LogP contribution in [0, 0.1) is 0 Å². The van der Waals surface area contributed by atoms with Crippen molar-refractivity contribution >= 4 is 33.4 Å². The third kappa shape index (κ3) is 1.98. The molecule has 0 radical (unpaired) electrons. The summed E-state index contributed by atoms with van der Waals surface area (Å²) in [7, 11) is 0. The molecule has 1 aliphatic carbocycles. The van der Waals surface area contributed by atoms with Crippen molar-refractivity contribution in [3.63, 3.8) is 0 Å². The van der Waals surface area contributed by atoms with Crippen molar-refractivity contribution < 1.29 is 0 Å². The maximum absolute atomic E-state index is 13.1. The zero-order valence-corrected chi connectivity index (χ0v) is 13.4. The second-order valence-corrected chi connectivity index (χ2v) is 6.55. The van der Waals surface area contributed by atoms with Crippen molar-refractivity contribution in [1.29, 1.82) is 0 Å². The molecule has 1 fully saturated rings. The maximum Gasteiger partial charge on any atom is 0.284 e. The third-order valence-corrected chi connectivity index (χ3v) is 4.69. The molecule has 0 amide bonds. The molecular weight excluding hydrogens is 324 g/mol. The van der Waals surface area contributed by atoms with Crippen LogP contribution in [0.25, 0.3) is 27.5 Å². The standard InChI is InChI=1S/C18H13ClN4O/c19-11-3-6-14-15-10-22(12-4-5-12)21-17(15)18(24)23(16(14)8-11)13-2-1-7-20-9-13/h1-3,6-10,12H,4-5H2. The highest BCUT2D eigenvalue weighted by Crippen LogP contribution is 2.36. The Balaban J connectivity index is 1.97. The zero-order valence-electron chi connectivity index (χ0n) is 12.7. The van der Waals surface area contributed by atoms with Crippen molar-refractivity contribution in [2.75, 3.05) is 0 Å². The second kappa shape index (κ2) is 4.92. The number of halogens is 1. The first-order chi connectivity index (χ1) is 11.7. The number of fused-ring (bicyclic) bond motifs is 3. The van der Waals surface area contributed by atoms with Gasteiger partial charge in [-0.25, -0.2) is 0 Å². The highest BCUT2D eigenvalue weighted by molar-refractivity contribution is 6.31. The summed E-state index contributed by atoms with van der Waals surface area (Å²) in [6, 6.07) is 9.70. The van der Waals surface area contributed by atoms with Gasteiger partial charge in [-0.2, -0.15) is 5.10 Å². The minimum Gasteiger partial charge on any atom is -0.273 e. The molecule has 0 saturated heterocycles. The molecule has 0 bridgehead atoms. The third-order valence-electron chi connectivity index (χ3n) is 4.45. The topological polar surface area (TPSA) is 52.7 Å². The summed E-state index contributed by atoms with van der Waals surface area (Å²) in [5.74, 6) is 0. The summed E-state index contributed by atoms with van der Waals surface area (Å²) >= 11 is 6.20. The van der Waals surface area contributed by atoms with Crippen LogP contribution < -0.4 is 5.56 Å². The van der Waals surface area contributed by atoms with E-state index in [0.717, 1.165) is 29.1 Å². The lowest BCUT2D eigenvalue weighted by Crippen LogP contribution is -2.19. The number of benzene rings is 1. The number of hydrogen-bond acceptors (Lipinski definition) is 3. The minimum atomic E-state index is -0.146. The average molecular weight is 337 g/mol. The van der Waals surface area contributed by atoms with Gasteiger partial charge < -0.3 is 0 Å². The Morgan fingerprint density at radius 2 is 2.04 bits per heavy atom. The summed E-state index contributed by atoms with van der Waals surface area (Å²) in [6.07, 6.45) is 7.58. The molecule has 0 spiro atoms. The van der Waals surface area contributed by atoms with Gasteiger partial charge in [-0.15, -0.1) is 0 Å². The van der Waals surface area contributed by atoms with Gasteiger partial charge in [0.15, 0.2) is 5.52 Å². The number of rotatable bonds is 2. The normalized spacial score (nSPS) is 14.5. The smallest absolute Gasteiger partial charge is 0.273 e. The molecule has 0 atom stereocenters. The first-order valence-corrected chi connectivity index (χ1v) is 8.24. The predicted molar refractivity (Wildman–Crippen MR) is 93.9 cm³/mol. The van der Waals surface area contributed by atoms with Crippen LogP contribution in [0.2, 0.25) is 5.02 Å². The summed E-state index contributed by atoms with van der Waals surface area (Å²) in [4.78, 5) is 17.3. The molecule has 4 aromatic rings. The van der Waals surface area contributed by atoms with E-state index >= 15 is 0 Å². The fourth-order valence-electron chi connectivity index (χ4n) is 3.15. The highest BCUT2D eigenvalue weighted by atomic mass is 35.5. The average Bonchev–Trinajstić information content (AvgIpc) is 3.35. The van der Waals surface area contributed by atoms with Crippen LogP contribution in [0.15, 0.2) is 53.7 Å². The van der Waals surface area contributed by atoms with Gasteiger partial charge in [-0.3, -0.25) is 19.0 Å². The van der Waals surface area contributed by atoms with Gasteiger partial charge in [0, 0.05) is 28.2 Å². The summed E-state index contributed by atoms with van der Waals surface area (Å²) < 4.78 is 3.56. The van der Waals surface area contributed by atoms with E-state index in [2.05, 4.69) is 10.1 Å². The molecule has 118 valence electrons. The van der Waals surface area contributed by atoms with Crippen LogP contribution in [0.3, 0.4) is 0 Å². The zero-order chi connectivity index (χ0) is 16.3. The van der Waals surface area contributed by atoms with Crippen LogP contribution in [0.1, 0.15) is 18.9 Å². The van der Waals surface area contributed by atoms with Gasteiger partial charge in [0.25, 0.3) is 5.56 Å². The molecule has 5 nitrogen and oxygen atoms in total. The lowest BCUT2D eigenvalue weighted by atomic mass is 10.1. The summed E-state index contributed by atoms with van der Waals surface area (Å²) in [5, 5.41) is 6.99. The van der Waals surface area contributed by atoms with Crippen molar-refractivity contribution in [2.24, 2.45) is 0 Å². The van der Waals surface area contributed by atoms with E-state index in [0.29, 0.717) is 22.3 Å². The molecule has 1 aliphatic rings. The molecule has 6 heteroatoms. The Labute approximate surface area is 142 Å². The fraction of sp³-hybridized carbons (Fsp3) is 0.167. The number of hydrogen-bond donors (Lipinski definition) is 0. The first kappa shape index (κ1) is 13.7. The van der Waals surface area contributed by atoms with E-state index in [-0.39, 0.29) is 5.56 Å². The molecule has 0 unspecified atom stereocenters. The Morgan fingerprint density at radius 3 is 2.79 bits per heavy atom. The van der Waals surface area contributed by atoms with Crippen LogP contribution >= 0.6 is 11.6 Å². The predicted octanol–water partition coefficient (Wildman–Crippen LogP) is 3.72. The fourth-order valence-corrected chi connectivity index (χ4v) is 3.31. The summed E-state index contributed by atoms with van der Waals surface area (Å²) in [5.41, 5.74) is 1.81. The minimum absolute atomic E-state index is 0.146.